The SMILES string of the molecule is CCC(=O)Cc1cc(C(=O)NC(C)c2ccc(OC(F)(F)C(F)(F)F)cc2)ccn1. The minimum Gasteiger partial charge on any atom is -0.426 e. The van der Waals surface area contributed by atoms with Crippen LogP contribution in [0.1, 0.15) is 47.9 Å². The molecule has 5 nitrogen and oxygen atoms in total. The second kappa shape index (κ2) is 9.19. The van der Waals surface area contributed by atoms with Crippen LogP contribution in [0.5, 0.6) is 5.75 Å². The maximum absolute atomic E-state index is 12.9. The summed E-state index contributed by atoms with van der Waals surface area (Å²) in [4.78, 5) is 28.0. The van der Waals surface area contributed by atoms with Gasteiger partial charge in [0.25, 0.3) is 5.91 Å². The van der Waals surface area contributed by atoms with Crippen molar-refractivity contribution in [1.82, 2.24) is 10.3 Å². The molecule has 1 atom stereocenters. The number of pyridine rings is 1. The number of nitrogens with zero attached hydrogens (tertiary/aromatic N) is 1. The van der Waals surface area contributed by atoms with Crippen molar-refractivity contribution in [2.45, 2.75) is 45.0 Å². The molecule has 1 amide bonds. The summed E-state index contributed by atoms with van der Waals surface area (Å²) >= 11 is 0. The number of ether oxygens (including phenoxy) is 1. The number of amides is 1. The normalized spacial score (nSPS) is 12.9. The zero-order valence-electron chi connectivity index (χ0n) is 16.1. The summed E-state index contributed by atoms with van der Waals surface area (Å²) in [5.41, 5.74) is 1.19. The van der Waals surface area contributed by atoms with Crippen LogP contribution in [0.25, 0.3) is 0 Å². The van der Waals surface area contributed by atoms with Gasteiger partial charge in [-0.25, -0.2) is 0 Å². The van der Waals surface area contributed by atoms with Crippen molar-refractivity contribution in [3.8, 4) is 5.75 Å². The number of benzene rings is 1. The van der Waals surface area contributed by atoms with Crippen molar-refractivity contribution in [2.24, 2.45) is 0 Å². The summed E-state index contributed by atoms with van der Waals surface area (Å²) < 4.78 is 66.2. The van der Waals surface area contributed by atoms with Gasteiger partial charge in [-0.15, -0.1) is 0 Å². The van der Waals surface area contributed by atoms with E-state index in [9.17, 15) is 31.5 Å². The molecule has 162 valence electrons. The Kier molecular flexibility index (Phi) is 7.12. The van der Waals surface area contributed by atoms with Gasteiger partial charge in [0.15, 0.2) is 0 Å². The van der Waals surface area contributed by atoms with Gasteiger partial charge >= 0.3 is 12.3 Å². The molecule has 0 aliphatic carbocycles. The zero-order chi connectivity index (χ0) is 22.5. The second-order valence-electron chi connectivity index (χ2n) is 6.49. The predicted molar refractivity (Wildman–Crippen MR) is 97.2 cm³/mol. The topological polar surface area (TPSA) is 68.3 Å². The van der Waals surface area contributed by atoms with Crippen LogP contribution in [-0.2, 0) is 11.2 Å². The molecule has 1 aromatic heterocycles. The number of carbonyl (C=O) groups is 2. The first-order valence-electron chi connectivity index (χ1n) is 8.94. The summed E-state index contributed by atoms with van der Waals surface area (Å²) in [7, 11) is 0. The number of hydrogen-bond acceptors (Lipinski definition) is 4. The van der Waals surface area contributed by atoms with Crippen LogP contribution in [0, 0.1) is 0 Å². The summed E-state index contributed by atoms with van der Waals surface area (Å²) in [6.45, 7) is 3.34. The molecular formula is C20H19F5N2O3. The number of ketones is 1. The van der Waals surface area contributed by atoms with Crippen molar-refractivity contribution in [1.29, 1.82) is 0 Å². The van der Waals surface area contributed by atoms with E-state index in [0.29, 0.717) is 17.7 Å². The molecule has 0 spiro atoms. The van der Waals surface area contributed by atoms with Crippen LogP contribution in [-0.4, -0.2) is 29.0 Å². The molecule has 1 aromatic carbocycles. The summed E-state index contributed by atoms with van der Waals surface area (Å²) in [5, 5.41) is 2.68. The number of alkyl halides is 5. The molecule has 1 heterocycles. The average molecular weight is 430 g/mol. The van der Waals surface area contributed by atoms with E-state index in [-0.39, 0.29) is 17.8 Å². The number of carbonyl (C=O) groups excluding carboxylic acids is 2. The van der Waals surface area contributed by atoms with E-state index in [1.807, 2.05) is 0 Å². The van der Waals surface area contributed by atoms with Gasteiger partial charge in [-0.3, -0.25) is 14.6 Å². The van der Waals surface area contributed by atoms with Gasteiger partial charge in [-0.05, 0) is 36.8 Å². The van der Waals surface area contributed by atoms with Gasteiger partial charge in [0, 0.05) is 30.3 Å². The minimum absolute atomic E-state index is 0.0214. The third-order valence-corrected chi connectivity index (χ3v) is 4.16. The molecule has 30 heavy (non-hydrogen) atoms. The lowest BCUT2D eigenvalue weighted by Gasteiger charge is -2.20. The highest BCUT2D eigenvalue weighted by Gasteiger charge is 2.61. The van der Waals surface area contributed by atoms with Crippen molar-refractivity contribution in [3.63, 3.8) is 0 Å². The Labute approximate surface area is 169 Å². The number of hydrogen-bond donors (Lipinski definition) is 1. The molecule has 0 bridgehead atoms. The third kappa shape index (κ3) is 5.98. The number of aromatic nitrogens is 1. The smallest absolute Gasteiger partial charge is 0.426 e. The van der Waals surface area contributed by atoms with Gasteiger partial charge in [-0.2, -0.15) is 22.0 Å². The summed E-state index contributed by atoms with van der Waals surface area (Å²) in [6, 6.07) is 6.83. The van der Waals surface area contributed by atoms with Gasteiger partial charge in [0.1, 0.15) is 11.5 Å². The first-order valence-corrected chi connectivity index (χ1v) is 8.94. The standard InChI is InChI=1S/C20H19F5N2O3/c1-3-16(28)11-15-10-14(8-9-26-15)18(29)27-12(2)13-4-6-17(7-5-13)30-20(24,25)19(21,22)23/h4-10,12H,3,11H2,1-2H3,(H,27,29). The molecule has 0 radical (unpaired) electrons. The molecule has 2 aromatic rings. The van der Waals surface area contributed by atoms with Crippen molar-refractivity contribution in [3.05, 3.63) is 59.4 Å². The maximum atomic E-state index is 12.9. The Hall–Kier alpha value is -3.04. The highest BCUT2D eigenvalue weighted by Crippen LogP contribution is 2.37. The molecular weight excluding hydrogens is 411 g/mol. The van der Waals surface area contributed by atoms with Gasteiger partial charge in [0.2, 0.25) is 0 Å². The highest BCUT2D eigenvalue weighted by molar-refractivity contribution is 5.94. The van der Waals surface area contributed by atoms with Crippen LogP contribution in [0.15, 0.2) is 42.6 Å². The average Bonchev–Trinajstić information content (AvgIpc) is 2.67. The monoisotopic (exact) mass is 430 g/mol. The van der Waals surface area contributed by atoms with Crippen LogP contribution >= 0.6 is 0 Å². The lowest BCUT2D eigenvalue weighted by molar-refractivity contribution is -0.360. The fraction of sp³-hybridized carbons (Fsp3) is 0.350. The summed E-state index contributed by atoms with van der Waals surface area (Å²) in [5.74, 6) is -1.15. The van der Waals surface area contributed by atoms with E-state index >= 15 is 0 Å². The third-order valence-electron chi connectivity index (χ3n) is 4.16. The van der Waals surface area contributed by atoms with Crippen molar-refractivity contribution in [2.75, 3.05) is 0 Å². The molecule has 0 fully saturated rings. The van der Waals surface area contributed by atoms with Crippen molar-refractivity contribution >= 4 is 11.7 Å². The molecule has 0 aliphatic heterocycles. The Morgan fingerprint density at radius 1 is 1.10 bits per heavy atom. The highest BCUT2D eigenvalue weighted by atomic mass is 19.4. The Balaban J connectivity index is 2.04. The van der Waals surface area contributed by atoms with Crippen LogP contribution in [0.2, 0.25) is 0 Å². The van der Waals surface area contributed by atoms with E-state index in [1.165, 1.54) is 30.5 Å². The van der Waals surface area contributed by atoms with Gasteiger partial charge in [-0.1, -0.05) is 19.1 Å². The zero-order valence-corrected chi connectivity index (χ0v) is 16.1. The fourth-order valence-corrected chi connectivity index (χ4v) is 2.44. The molecule has 10 heteroatoms. The van der Waals surface area contributed by atoms with Gasteiger partial charge < -0.3 is 10.1 Å². The lowest BCUT2D eigenvalue weighted by Crippen LogP contribution is -2.41. The first kappa shape index (κ1) is 23.2. The van der Waals surface area contributed by atoms with Crippen LogP contribution in [0.4, 0.5) is 22.0 Å². The first-order chi connectivity index (χ1) is 13.9. The van der Waals surface area contributed by atoms with Crippen LogP contribution in [0.3, 0.4) is 0 Å². The van der Waals surface area contributed by atoms with E-state index in [0.717, 1.165) is 12.1 Å². The molecule has 2 rings (SSSR count). The van der Waals surface area contributed by atoms with E-state index in [4.69, 9.17) is 0 Å². The molecule has 0 aliphatic rings. The Bertz CT molecular complexity index is 898. The molecule has 1 N–H and O–H groups in total. The number of nitrogens with one attached hydrogen (secondary N) is 1. The van der Waals surface area contributed by atoms with Crippen molar-refractivity contribution < 1.29 is 36.3 Å². The molecule has 0 saturated carbocycles. The quantitative estimate of drug-likeness (QED) is 0.621. The largest absolute Gasteiger partial charge is 0.499 e. The predicted octanol–water partition coefficient (Wildman–Crippen LogP) is 4.63. The second-order valence-corrected chi connectivity index (χ2v) is 6.49. The van der Waals surface area contributed by atoms with Gasteiger partial charge in [0.05, 0.1) is 6.04 Å². The number of rotatable bonds is 8. The molecule has 0 saturated heterocycles. The maximum Gasteiger partial charge on any atom is 0.499 e. The number of halogens is 5. The molecule has 1 unspecified atom stereocenters. The fourth-order valence-electron chi connectivity index (χ4n) is 2.44. The number of Topliss-reactive ketones (excluding diaryl/α,β-unsaturated/α-hetero) is 1. The summed E-state index contributed by atoms with van der Waals surface area (Å²) in [6.07, 6.45) is -9.28. The lowest BCUT2D eigenvalue weighted by atomic mass is 10.1. The van der Waals surface area contributed by atoms with Crippen LogP contribution < -0.4 is 10.1 Å². The minimum atomic E-state index is -5.84. The Morgan fingerprint density at radius 3 is 2.30 bits per heavy atom. The van der Waals surface area contributed by atoms with E-state index < -0.39 is 30.0 Å². The van der Waals surface area contributed by atoms with E-state index in [1.54, 1.807) is 13.8 Å². The Morgan fingerprint density at radius 2 is 1.73 bits per heavy atom. The van der Waals surface area contributed by atoms with E-state index in [2.05, 4.69) is 15.0 Å².